The predicted octanol–water partition coefficient (Wildman–Crippen LogP) is 2.71. The smallest absolute Gasteiger partial charge is 0.247 e. The fraction of sp³-hybridized carbons (Fsp3) is 0.458. The summed E-state index contributed by atoms with van der Waals surface area (Å²) >= 11 is 0. The first-order valence-corrected chi connectivity index (χ1v) is 10.8. The summed E-state index contributed by atoms with van der Waals surface area (Å²) < 4.78 is 0. The number of aryl methyl sites for hydroxylation is 1. The normalized spacial score (nSPS) is 26.4. The minimum Gasteiger partial charge on any atom is -0.388 e. The Kier molecular flexibility index (Phi) is 4.80. The molecule has 2 saturated heterocycles. The monoisotopic (exact) mass is 391 g/mol. The maximum absolute atomic E-state index is 12.8. The molecule has 0 radical (unpaired) electrons. The lowest BCUT2D eigenvalue weighted by molar-refractivity contribution is -0.125. The van der Waals surface area contributed by atoms with E-state index in [9.17, 15) is 9.90 Å². The molecule has 2 heterocycles. The summed E-state index contributed by atoms with van der Waals surface area (Å²) in [6, 6.07) is 18.5. The molecule has 1 aliphatic carbocycles. The number of carbonyl (C=O) groups is 1. The fourth-order valence-corrected chi connectivity index (χ4v) is 5.46. The van der Waals surface area contributed by atoms with E-state index in [1.54, 1.807) is 0 Å². The van der Waals surface area contributed by atoms with E-state index in [0.29, 0.717) is 6.67 Å². The quantitative estimate of drug-likeness (QED) is 0.845. The van der Waals surface area contributed by atoms with E-state index in [-0.39, 0.29) is 17.9 Å². The van der Waals surface area contributed by atoms with Gasteiger partial charge < -0.3 is 20.2 Å². The Bertz CT molecular complexity index is 877. The molecule has 2 fully saturated rings. The van der Waals surface area contributed by atoms with Crippen LogP contribution in [0.2, 0.25) is 0 Å². The van der Waals surface area contributed by atoms with Gasteiger partial charge in [0.2, 0.25) is 5.91 Å². The number of fused-ring (bicyclic) bond motifs is 1. The van der Waals surface area contributed by atoms with E-state index in [2.05, 4.69) is 45.4 Å². The second-order valence-electron chi connectivity index (χ2n) is 8.70. The number of anilines is 1. The van der Waals surface area contributed by atoms with Crippen molar-refractivity contribution in [2.24, 2.45) is 5.92 Å². The highest BCUT2D eigenvalue weighted by Gasteiger charge is 2.50. The van der Waals surface area contributed by atoms with Gasteiger partial charge in [0.05, 0.1) is 12.8 Å². The second-order valence-corrected chi connectivity index (χ2v) is 8.70. The third-order valence-corrected chi connectivity index (χ3v) is 7.19. The molecule has 1 spiro atoms. The second kappa shape index (κ2) is 7.47. The molecule has 1 amide bonds. The molecule has 5 nitrogen and oxygen atoms in total. The van der Waals surface area contributed by atoms with Crippen LogP contribution in [0.25, 0.3) is 0 Å². The highest BCUT2D eigenvalue weighted by Crippen LogP contribution is 2.38. The highest BCUT2D eigenvalue weighted by molar-refractivity contribution is 5.93. The van der Waals surface area contributed by atoms with Gasteiger partial charge >= 0.3 is 0 Å². The van der Waals surface area contributed by atoms with E-state index in [1.165, 1.54) is 5.56 Å². The standard InChI is InChI=1S/C24H29N3O2/c28-22-19(11-10-18-6-4-5-9-21(18)22)16-26-14-12-24(13-15-26)23(29)25-17-27(24)20-7-2-1-3-8-20/h1-9,19,22,28H,10-17H2,(H,25,29)/t19-,22+/m0/s1. The lowest BCUT2D eigenvalue weighted by Gasteiger charge is -2.44. The van der Waals surface area contributed by atoms with Crippen molar-refractivity contribution in [2.45, 2.75) is 37.3 Å². The van der Waals surface area contributed by atoms with E-state index in [0.717, 1.165) is 56.6 Å². The zero-order chi connectivity index (χ0) is 19.8. The Hall–Kier alpha value is -2.37. The summed E-state index contributed by atoms with van der Waals surface area (Å²) in [5, 5.41) is 14.0. The van der Waals surface area contributed by atoms with Crippen molar-refractivity contribution >= 4 is 11.6 Å². The Morgan fingerprint density at radius 3 is 2.55 bits per heavy atom. The number of nitrogens with one attached hydrogen (secondary N) is 1. The predicted molar refractivity (Wildman–Crippen MR) is 114 cm³/mol. The first-order valence-electron chi connectivity index (χ1n) is 10.8. The molecule has 2 aromatic rings. The zero-order valence-electron chi connectivity index (χ0n) is 16.8. The van der Waals surface area contributed by atoms with Gasteiger partial charge in [-0.25, -0.2) is 0 Å². The number of likely N-dealkylation sites (tertiary alicyclic amines) is 1. The topological polar surface area (TPSA) is 55.8 Å². The van der Waals surface area contributed by atoms with Crippen molar-refractivity contribution < 1.29 is 9.90 Å². The summed E-state index contributed by atoms with van der Waals surface area (Å²) in [6.07, 6.45) is 3.34. The largest absolute Gasteiger partial charge is 0.388 e. The molecular weight excluding hydrogens is 362 g/mol. The number of hydrogen-bond donors (Lipinski definition) is 2. The number of aliphatic hydroxyl groups is 1. The van der Waals surface area contributed by atoms with Crippen molar-refractivity contribution in [3.05, 3.63) is 65.7 Å². The molecule has 29 heavy (non-hydrogen) atoms. The number of carbonyl (C=O) groups excluding carboxylic acids is 1. The average molecular weight is 392 g/mol. The van der Waals surface area contributed by atoms with Gasteiger partial charge in [0.1, 0.15) is 5.54 Å². The third kappa shape index (κ3) is 3.22. The zero-order valence-corrected chi connectivity index (χ0v) is 16.8. The number of nitrogens with zero attached hydrogens (tertiary/aromatic N) is 2. The highest BCUT2D eigenvalue weighted by atomic mass is 16.3. The van der Waals surface area contributed by atoms with Crippen LogP contribution in [0.1, 0.15) is 36.5 Å². The molecule has 0 unspecified atom stereocenters. The SMILES string of the molecule is O=C1NCN(c2ccccc2)C12CCN(C[C@@H]1CCc3ccccc3[C@@H]1O)CC2. The van der Waals surface area contributed by atoms with Gasteiger partial charge in [0.25, 0.3) is 0 Å². The minimum atomic E-state index is -0.435. The average Bonchev–Trinajstić information content (AvgIpc) is 3.08. The molecule has 5 heteroatoms. The summed E-state index contributed by atoms with van der Waals surface area (Å²) in [4.78, 5) is 17.5. The molecule has 2 atom stereocenters. The first kappa shape index (κ1) is 18.6. The summed E-state index contributed by atoms with van der Waals surface area (Å²) in [5.74, 6) is 0.425. The van der Waals surface area contributed by atoms with Crippen molar-refractivity contribution in [3.63, 3.8) is 0 Å². The third-order valence-electron chi connectivity index (χ3n) is 7.19. The van der Waals surface area contributed by atoms with Gasteiger partial charge in [-0.2, -0.15) is 0 Å². The number of para-hydroxylation sites is 1. The molecule has 2 aromatic carbocycles. The van der Waals surface area contributed by atoms with Crippen LogP contribution in [0.15, 0.2) is 54.6 Å². The number of rotatable bonds is 3. The van der Waals surface area contributed by atoms with Crippen LogP contribution in [0.3, 0.4) is 0 Å². The van der Waals surface area contributed by atoms with Crippen LogP contribution in [0.5, 0.6) is 0 Å². The number of amides is 1. The Labute approximate surface area is 172 Å². The van der Waals surface area contributed by atoms with E-state index in [1.807, 2.05) is 24.3 Å². The number of hydrogen-bond acceptors (Lipinski definition) is 4. The molecule has 3 aliphatic rings. The van der Waals surface area contributed by atoms with Crippen LogP contribution >= 0.6 is 0 Å². The fourth-order valence-electron chi connectivity index (χ4n) is 5.46. The van der Waals surface area contributed by atoms with E-state index in [4.69, 9.17) is 0 Å². The van der Waals surface area contributed by atoms with Gasteiger partial charge in [-0.3, -0.25) is 4.79 Å². The number of piperidine rings is 1. The van der Waals surface area contributed by atoms with Crippen molar-refractivity contribution in [1.29, 1.82) is 0 Å². The van der Waals surface area contributed by atoms with Gasteiger partial charge in [-0.15, -0.1) is 0 Å². The van der Waals surface area contributed by atoms with Crippen molar-refractivity contribution in [2.75, 3.05) is 31.2 Å². The Morgan fingerprint density at radius 2 is 1.76 bits per heavy atom. The van der Waals surface area contributed by atoms with Crippen LogP contribution < -0.4 is 10.2 Å². The molecule has 5 rings (SSSR count). The summed E-state index contributed by atoms with van der Waals surface area (Å²) in [6.45, 7) is 3.27. The van der Waals surface area contributed by atoms with Gasteiger partial charge in [-0.05, 0) is 48.9 Å². The van der Waals surface area contributed by atoms with Gasteiger partial charge in [0, 0.05) is 31.2 Å². The maximum atomic E-state index is 12.8. The van der Waals surface area contributed by atoms with Crippen molar-refractivity contribution in [3.8, 4) is 0 Å². The minimum absolute atomic E-state index is 0.160. The Morgan fingerprint density at radius 1 is 1.03 bits per heavy atom. The molecule has 2 aliphatic heterocycles. The lowest BCUT2D eigenvalue weighted by atomic mass is 9.80. The molecule has 0 saturated carbocycles. The van der Waals surface area contributed by atoms with Crippen LogP contribution in [-0.2, 0) is 11.2 Å². The van der Waals surface area contributed by atoms with Gasteiger partial charge in [-0.1, -0.05) is 42.5 Å². The molecule has 2 N–H and O–H groups in total. The van der Waals surface area contributed by atoms with E-state index >= 15 is 0 Å². The number of aliphatic hydroxyl groups excluding tert-OH is 1. The Balaban J connectivity index is 1.26. The van der Waals surface area contributed by atoms with Crippen LogP contribution in [0.4, 0.5) is 5.69 Å². The lowest BCUT2D eigenvalue weighted by Crippen LogP contribution is -2.57. The molecular formula is C24H29N3O2. The van der Waals surface area contributed by atoms with E-state index < -0.39 is 5.54 Å². The molecule has 152 valence electrons. The first-order chi connectivity index (χ1) is 14.2. The van der Waals surface area contributed by atoms with Gasteiger partial charge in [0.15, 0.2) is 0 Å². The number of benzene rings is 2. The maximum Gasteiger partial charge on any atom is 0.247 e. The van der Waals surface area contributed by atoms with Crippen molar-refractivity contribution in [1.82, 2.24) is 10.2 Å². The molecule has 0 aromatic heterocycles. The molecule has 0 bridgehead atoms. The summed E-state index contributed by atoms with van der Waals surface area (Å²) in [7, 11) is 0. The summed E-state index contributed by atoms with van der Waals surface area (Å²) in [5.41, 5.74) is 3.06. The van der Waals surface area contributed by atoms with Crippen LogP contribution in [0, 0.1) is 5.92 Å². The van der Waals surface area contributed by atoms with Crippen LogP contribution in [-0.4, -0.2) is 47.8 Å².